The van der Waals surface area contributed by atoms with Gasteiger partial charge in [0.05, 0.1) is 12.6 Å². The normalized spacial score (nSPS) is 19.3. The quantitative estimate of drug-likeness (QED) is 0.763. The van der Waals surface area contributed by atoms with Gasteiger partial charge in [0.1, 0.15) is 0 Å². The molecule has 0 N–H and O–H groups in total. The fourth-order valence-electron chi connectivity index (χ4n) is 2.72. The lowest BCUT2D eigenvalue weighted by molar-refractivity contribution is 0.289. The van der Waals surface area contributed by atoms with Crippen LogP contribution in [0.1, 0.15) is 17.5 Å². The summed E-state index contributed by atoms with van der Waals surface area (Å²) in [6, 6.07) is 9.36. The molecule has 1 saturated heterocycles. The van der Waals surface area contributed by atoms with Crippen LogP contribution in [0.2, 0.25) is 0 Å². The monoisotopic (exact) mass is 243 g/mol. The van der Waals surface area contributed by atoms with E-state index in [0.29, 0.717) is 12.6 Å². The van der Waals surface area contributed by atoms with Gasteiger partial charge >= 0.3 is 0 Å². The second-order valence-corrected chi connectivity index (χ2v) is 5.25. The Kier molecular flexibility index (Phi) is 3.88. The smallest absolute Gasteiger partial charge is 0.0866 e. The molecule has 0 aliphatic carbocycles. The van der Waals surface area contributed by atoms with Gasteiger partial charge in [0.2, 0.25) is 0 Å². The van der Waals surface area contributed by atoms with Crippen LogP contribution in [0.15, 0.2) is 18.2 Å². The molecule has 3 nitrogen and oxygen atoms in total. The molecule has 0 saturated carbocycles. The summed E-state index contributed by atoms with van der Waals surface area (Å²) in [4.78, 5) is 4.59. The van der Waals surface area contributed by atoms with Gasteiger partial charge in [0.25, 0.3) is 0 Å². The molecule has 1 aliphatic heterocycles. The third kappa shape index (κ3) is 2.65. The van der Waals surface area contributed by atoms with Gasteiger partial charge in [0, 0.05) is 24.8 Å². The number of anilines is 1. The summed E-state index contributed by atoms with van der Waals surface area (Å²) in [5, 5.41) is 8.75. The van der Waals surface area contributed by atoms with Gasteiger partial charge in [-0.1, -0.05) is 17.7 Å². The van der Waals surface area contributed by atoms with Gasteiger partial charge in [-0.2, -0.15) is 5.26 Å². The molecule has 0 spiro atoms. The maximum Gasteiger partial charge on any atom is 0.0866 e. The summed E-state index contributed by atoms with van der Waals surface area (Å²) in [5.74, 6) is 0. The fraction of sp³-hybridized carbons (Fsp3) is 0.533. The second-order valence-electron chi connectivity index (χ2n) is 5.25. The average Bonchev–Trinajstić information content (AvgIpc) is 2.78. The van der Waals surface area contributed by atoms with Gasteiger partial charge in [-0.3, -0.25) is 4.90 Å². The molecule has 2 rings (SSSR count). The summed E-state index contributed by atoms with van der Waals surface area (Å²) >= 11 is 0. The van der Waals surface area contributed by atoms with Gasteiger partial charge < -0.3 is 4.90 Å². The number of rotatable bonds is 3. The first-order valence-corrected chi connectivity index (χ1v) is 6.51. The van der Waals surface area contributed by atoms with Gasteiger partial charge in [0.15, 0.2) is 0 Å². The third-order valence-corrected chi connectivity index (χ3v) is 3.80. The van der Waals surface area contributed by atoms with E-state index >= 15 is 0 Å². The SMILES string of the molecule is Cc1ccc(N2CCC(N(C)CC#N)C2)c(C)c1. The summed E-state index contributed by atoms with van der Waals surface area (Å²) in [7, 11) is 2.04. The highest BCUT2D eigenvalue weighted by Crippen LogP contribution is 2.26. The molecule has 18 heavy (non-hydrogen) atoms. The number of aryl methyl sites for hydroxylation is 2. The van der Waals surface area contributed by atoms with Crippen molar-refractivity contribution in [3.05, 3.63) is 29.3 Å². The van der Waals surface area contributed by atoms with Crippen molar-refractivity contribution < 1.29 is 0 Å². The van der Waals surface area contributed by atoms with Crippen LogP contribution in [0.25, 0.3) is 0 Å². The van der Waals surface area contributed by atoms with Crippen LogP contribution < -0.4 is 4.90 Å². The van der Waals surface area contributed by atoms with Crippen LogP contribution in [-0.4, -0.2) is 37.6 Å². The number of nitrogens with zero attached hydrogens (tertiary/aromatic N) is 3. The van der Waals surface area contributed by atoms with Crippen LogP contribution in [0, 0.1) is 25.2 Å². The second kappa shape index (κ2) is 5.41. The summed E-state index contributed by atoms with van der Waals surface area (Å²) in [6.45, 7) is 6.94. The van der Waals surface area contributed by atoms with E-state index < -0.39 is 0 Å². The lowest BCUT2D eigenvalue weighted by Gasteiger charge is -2.24. The zero-order valence-electron chi connectivity index (χ0n) is 11.5. The first-order chi connectivity index (χ1) is 8.61. The molecule has 0 radical (unpaired) electrons. The largest absolute Gasteiger partial charge is 0.370 e. The van der Waals surface area contributed by atoms with Crippen molar-refractivity contribution in [2.45, 2.75) is 26.3 Å². The van der Waals surface area contributed by atoms with Gasteiger partial charge in [-0.05, 0) is 38.9 Å². The number of benzene rings is 1. The molecule has 1 fully saturated rings. The molecule has 1 aromatic carbocycles. The molecule has 1 aromatic rings. The minimum absolute atomic E-state index is 0.505. The van der Waals surface area contributed by atoms with E-state index in [2.05, 4.69) is 47.9 Å². The Morgan fingerprint density at radius 1 is 1.44 bits per heavy atom. The molecule has 0 aromatic heterocycles. The Morgan fingerprint density at radius 3 is 2.89 bits per heavy atom. The van der Waals surface area contributed by atoms with Crippen molar-refractivity contribution >= 4 is 5.69 Å². The van der Waals surface area contributed by atoms with Crippen LogP contribution in [0.3, 0.4) is 0 Å². The van der Waals surface area contributed by atoms with E-state index in [-0.39, 0.29) is 0 Å². The van der Waals surface area contributed by atoms with E-state index in [9.17, 15) is 0 Å². The maximum absolute atomic E-state index is 8.75. The number of hydrogen-bond donors (Lipinski definition) is 0. The van der Waals surface area contributed by atoms with Crippen molar-refractivity contribution in [2.24, 2.45) is 0 Å². The fourth-order valence-corrected chi connectivity index (χ4v) is 2.72. The Hall–Kier alpha value is -1.53. The van der Waals surface area contributed by atoms with Crippen molar-refractivity contribution in [1.29, 1.82) is 5.26 Å². The average molecular weight is 243 g/mol. The zero-order chi connectivity index (χ0) is 13.1. The molecule has 1 unspecified atom stereocenters. The summed E-state index contributed by atoms with van der Waals surface area (Å²) in [6.07, 6.45) is 1.14. The molecule has 1 aliphatic rings. The van der Waals surface area contributed by atoms with E-state index in [1.54, 1.807) is 0 Å². The van der Waals surface area contributed by atoms with E-state index in [1.807, 2.05) is 7.05 Å². The predicted molar refractivity (Wildman–Crippen MR) is 74.8 cm³/mol. The molecule has 1 heterocycles. The number of hydrogen-bond acceptors (Lipinski definition) is 3. The predicted octanol–water partition coefficient (Wildman–Crippen LogP) is 2.34. The van der Waals surface area contributed by atoms with Crippen LogP contribution in [-0.2, 0) is 0 Å². The molecular weight excluding hydrogens is 222 g/mol. The third-order valence-electron chi connectivity index (χ3n) is 3.80. The Morgan fingerprint density at radius 2 is 2.22 bits per heavy atom. The molecule has 3 heteroatoms. The minimum Gasteiger partial charge on any atom is -0.370 e. The van der Waals surface area contributed by atoms with Gasteiger partial charge in [-0.15, -0.1) is 0 Å². The van der Waals surface area contributed by atoms with Crippen LogP contribution in [0.5, 0.6) is 0 Å². The highest BCUT2D eigenvalue weighted by Gasteiger charge is 2.26. The maximum atomic E-state index is 8.75. The molecule has 96 valence electrons. The van der Waals surface area contributed by atoms with Crippen molar-refractivity contribution in [3.63, 3.8) is 0 Å². The Bertz CT molecular complexity index is 461. The Labute approximate surface area is 110 Å². The minimum atomic E-state index is 0.505. The molecule has 0 amide bonds. The molecule has 0 bridgehead atoms. The molecular formula is C15H21N3. The van der Waals surface area contributed by atoms with Crippen molar-refractivity contribution in [2.75, 3.05) is 31.6 Å². The zero-order valence-corrected chi connectivity index (χ0v) is 11.5. The van der Waals surface area contributed by atoms with Crippen LogP contribution >= 0.6 is 0 Å². The first kappa shape index (κ1) is 12.9. The summed E-state index contributed by atoms with van der Waals surface area (Å²) < 4.78 is 0. The summed E-state index contributed by atoms with van der Waals surface area (Å²) in [5.41, 5.74) is 4.00. The lowest BCUT2D eigenvalue weighted by atomic mass is 10.1. The Balaban J connectivity index is 2.07. The molecule has 1 atom stereocenters. The number of likely N-dealkylation sites (N-methyl/N-ethyl adjacent to an activating group) is 1. The van der Waals surface area contributed by atoms with E-state index in [4.69, 9.17) is 5.26 Å². The lowest BCUT2D eigenvalue weighted by Crippen LogP contribution is -2.34. The first-order valence-electron chi connectivity index (χ1n) is 6.51. The number of nitriles is 1. The van der Waals surface area contributed by atoms with Crippen molar-refractivity contribution in [3.8, 4) is 6.07 Å². The van der Waals surface area contributed by atoms with Crippen LogP contribution in [0.4, 0.5) is 5.69 Å². The standard InChI is InChI=1S/C15H21N3/c1-12-4-5-15(13(2)10-12)18-8-6-14(11-18)17(3)9-7-16/h4-5,10,14H,6,8-9,11H2,1-3H3. The van der Waals surface area contributed by atoms with Crippen molar-refractivity contribution in [1.82, 2.24) is 4.90 Å². The topological polar surface area (TPSA) is 30.3 Å². The highest BCUT2D eigenvalue weighted by atomic mass is 15.2. The van der Waals surface area contributed by atoms with Gasteiger partial charge in [-0.25, -0.2) is 0 Å². The van der Waals surface area contributed by atoms with E-state index in [0.717, 1.165) is 19.5 Å². The highest BCUT2D eigenvalue weighted by molar-refractivity contribution is 5.55. The van der Waals surface area contributed by atoms with E-state index in [1.165, 1.54) is 16.8 Å².